The van der Waals surface area contributed by atoms with Crippen molar-refractivity contribution in [2.75, 3.05) is 6.54 Å². The Labute approximate surface area is 287 Å². The number of alkyl carbamates (subject to hydrolysis) is 1. The van der Waals surface area contributed by atoms with E-state index in [2.05, 4.69) is 15.3 Å². The van der Waals surface area contributed by atoms with Gasteiger partial charge in [-0.3, -0.25) is 14.8 Å². The number of hydrogen-bond acceptors (Lipinski definition) is 10. The zero-order chi connectivity index (χ0) is 34.5. The molecular formula is C37H48N6O6. The summed E-state index contributed by atoms with van der Waals surface area (Å²) in [7, 11) is 0. The second-order valence-corrected chi connectivity index (χ2v) is 14.6. The minimum Gasteiger partial charge on any atom is -0.487 e. The van der Waals surface area contributed by atoms with Crippen LogP contribution in [0.1, 0.15) is 90.4 Å². The predicted octanol–water partition coefficient (Wildman–Crippen LogP) is 5.61. The third-order valence-electron chi connectivity index (χ3n) is 10.2. The van der Waals surface area contributed by atoms with Crippen molar-refractivity contribution in [2.24, 2.45) is 17.3 Å². The van der Waals surface area contributed by atoms with Crippen molar-refractivity contribution in [3.63, 3.8) is 0 Å². The molecule has 2 aromatic heterocycles. The molecule has 2 aliphatic heterocycles. The average molecular weight is 673 g/mol. The highest BCUT2D eigenvalue weighted by Gasteiger charge is 2.48. The van der Waals surface area contributed by atoms with Crippen molar-refractivity contribution >= 4 is 29.3 Å². The summed E-state index contributed by atoms with van der Waals surface area (Å²) in [6.07, 6.45) is 12.5. The Hall–Kier alpha value is -4.35. The van der Waals surface area contributed by atoms with Crippen LogP contribution >= 0.6 is 0 Å². The smallest absolute Gasteiger partial charge is 0.408 e. The van der Waals surface area contributed by atoms with Crippen molar-refractivity contribution in [2.45, 2.75) is 116 Å². The van der Waals surface area contributed by atoms with E-state index in [4.69, 9.17) is 24.2 Å². The summed E-state index contributed by atoms with van der Waals surface area (Å²) in [6, 6.07) is 3.99. The minimum absolute atomic E-state index is 0.168. The zero-order valence-corrected chi connectivity index (χ0v) is 29.0. The number of nitrogens with one attached hydrogen (secondary N) is 1. The molecule has 6 rings (SSSR count). The van der Waals surface area contributed by atoms with Crippen molar-refractivity contribution in [3.8, 4) is 11.6 Å². The number of amides is 2. The first kappa shape index (κ1) is 34.5. The van der Waals surface area contributed by atoms with Crippen LogP contribution in [0.2, 0.25) is 0 Å². The molecule has 1 saturated heterocycles. The van der Waals surface area contributed by atoms with Crippen LogP contribution in [-0.2, 0) is 27.4 Å². The van der Waals surface area contributed by atoms with E-state index in [-0.39, 0.29) is 31.1 Å². The van der Waals surface area contributed by atoms with Gasteiger partial charge in [-0.05, 0) is 68.4 Å². The summed E-state index contributed by atoms with van der Waals surface area (Å²) in [6.45, 7) is 8.13. The van der Waals surface area contributed by atoms with Gasteiger partial charge in [-0.25, -0.2) is 14.8 Å². The van der Waals surface area contributed by atoms with E-state index in [0.717, 1.165) is 62.4 Å². The van der Waals surface area contributed by atoms with E-state index in [0.29, 0.717) is 41.6 Å². The number of benzene rings is 1. The summed E-state index contributed by atoms with van der Waals surface area (Å²) < 4.78 is 18.6. The lowest BCUT2D eigenvalue weighted by Gasteiger charge is -2.35. The van der Waals surface area contributed by atoms with Gasteiger partial charge in [0, 0.05) is 24.4 Å². The Bertz CT molecular complexity index is 1630. The van der Waals surface area contributed by atoms with Gasteiger partial charge in [0.05, 0.1) is 35.5 Å². The van der Waals surface area contributed by atoms with E-state index in [9.17, 15) is 14.4 Å². The largest absolute Gasteiger partial charge is 0.487 e. The van der Waals surface area contributed by atoms with E-state index >= 15 is 0 Å². The van der Waals surface area contributed by atoms with Gasteiger partial charge < -0.3 is 29.2 Å². The molecule has 12 nitrogen and oxygen atoms in total. The van der Waals surface area contributed by atoms with Gasteiger partial charge in [-0.1, -0.05) is 40.5 Å². The van der Waals surface area contributed by atoms with E-state index in [1.165, 1.54) is 0 Å². The zero-order valence-electron chi connectivity index (χ0n) is 29.0. The van der Waals surface area contributed by atoms with Gasteiger partial charge in [0.2, 0.25) is 11.8 Å². The molecule has 1 saturated carbocycles. The van der Waals surface area contributed by atoms with Crippen molar-refractivity contribution < 1.29 is 28.6 Å². The van der Waals surface area contributed by atoms with Gasteiger partial charge in [0.15, 0.2) is 0 Å². The number of ether oxygens (including phenoxy) is 3. The molecule has 12 heteroatoms. The molecule has 4 heterocycles. The molecule has 6 atom stereocenters. The topological polar surface area (TPSA) is 146 Å². The number of carbonyl (C=O) groups is 3. The van der Waals surface area contributed by atoms with Crippen LogP contribution in [0.5, 0.6) is 11.6 Å². The van der Waals surface area contributed by atoms with Crippen molar-refractivity contribution in [3.05, 3.63) is 48.2 Å². The highest BCUT2D eigenvalue weighted by molar-refractivity contribution is 5.89. The highest BCUT2D eigenvalue weighted by Crippen LogP contribution is 2.36. The number of rotatable bonds is 5. The first-order valence-corrected chi connectivity index (χ1v) is 17.7. The molecule has 49 heavy (non-hydrogen) atoms. The second-order valence-electron chi connectivity index (χ2n) is 14.6. The molecule has 3 aliphatic rings. The lowest BCUT2D eigenvalue weighted by Crippen LogP contribution is -2.56. The maximum Gasteiger partial charge on any atom is 0.408 e. The van der Waals surface area contributed by atoms with Gasteiger partial charge in [0.25, 0.3) is 0 Å². The number of aryl methyl sites for hydroxylation is 1. The van der Waals surface area contributed by atoms with Crippen LogP contribution in [-0.4, -0.2) is 74.0 Å². The molecule has 2 amide bonds. The maximum absolute atomic E-state index is 14.3. The number of aldehydes is 1. The Morgan fingerprint density at radius 2 is 1.84 bits per heavy atom. The third-order valence-corrected chi connectivity index (χ3v) is 10.2. The summed E-state index contributed by atoms with van der Waals surface area (Å²) in [5, 5.41) is 2.89. The molecule has 1 aliphatic carbocycles. The number of aromatic nitrogens is 4. The molecule has 262 valence electrons. The van der Waals surface area contributed by atoms with Gasteiger partial charge >= 0.3 is 6.09 Å². The molecule has 2 bridgehead atoms. The molecule has 0 radical (unpaired) electrons. The lowest BCUT2D eigenvalue weighted by atomic mass is 9.85. The molecular weight excluding hydrogens is 624 g/mol. The second kappa shape index (κ2) is 15.0. The fourth-order valence-corrected chi connectivity index (χ4v) is 7.52. The normalized spacial score (nSPS) is 26.8. The average Bonchev–Trinajstić information content (AvgIpc) is 3.68. The Morgan fingerprint density at radius 1 is 1.00 bits per heavy atom. The summed E-state index contributed by atoms with van der Waals surface area (Å²) in [5.74, 6) is 0.712. The molecule has 1 aromatic carbocycles. The van der Waals surface area contributed by atoms with Gasteiger partial charge in [-0.2, -0.15) is 0 Å². The van der Waals surface area contributed by atoms with Crippen LogP contribution in [0.4, 0.5) is 4.79 Å². The standard InChI is InChI=1S/C37H48N6O6/c1-5-26-30(21-44)43-20-32(26)48-34-28(40-27-15-14-25(18-29(27)41-34)47-22-24-19-38-16-17-39-24)12-8-6-7-10-23-11-9-13-31(23)49-36(46)42-33(35(43)45)37(2,3)4/h14-19,21,23,26,30-33H,5-13,20,22H2,1-4H3,(H,42,46)/t23-,26+,30-,31-,32+,33-/m1/s1. The van der Waals surface area contributed by atoms with Crippen molar-refractivity contribution in [1.29, 1.82) is 0 Å². The molecule has 0 unspecified atom stereocenters. The maximum atomic E-state index is 14.3. The van der Waals surface area contributed by atoms with Crippen LogP contribution in [0.3, 0.4) is 0 Å². The number of carbonyl (C=O) groups excluding carboxylic acids is 3. The first-order valence-electron chi connectivity index (χ1n) is 17.7. The van der Waals surface area contributed by atoms with Crippen LogP contribution in [0.15, 0.2) is 36.8 Å². The molecule has 1 N–H and O–H groups in total. The van der Waals surface area contributed by atoms with Crippen LogP contribution in [0.25, 0.3) is 11.0 Å². The Kier molecular flexibility index (Phi) is 10.6. The third kappa shape index (κ3) is 7.94. The number of nitrogens with zero attached hydrogens (tertiary/aromatic N) is 5. The molecule has 3 aromatic rings. The van der Waals surface area contributed by atoms with E-state index < -0.39 is 29.7 Å². The van der Waals surface area contributed by atoms with Crippen LogP contribution < -0.4 is 14.8 Å². The summed E-state index contributed by atoms with van der Waals surface area (Å²) in [4.78, 5) is 60.1. The summed E-state index contributed by atoms with van der Waals surface area (Å²) >= 11 is 0. The lowest BCUT2D eigenvalue weighted by molar-refractivity contribution is -0.139. The highest BCUT2D eigenvalue weighted by atomic mass is 16.6. The summed E-state index contributed by atoms with van der Waals surface area (Å²) in [5.41, 5.74) is 2.17. The van der Waals surface area contributed by atoms with Crippen molar-refractivity contribution in [1.82, 2.24) is 30.2 Å². The Balaban J connectivity index is 1.33. The monoisotopic (exact) mass is 672 g/mol. The van der Waals surface area contributed by atoms with Crippen LogP contribution in [0, 0.1) is 17.3 Å². The molecule has 0 spiro atoms. The van der Waals surface area contributed by atoms with E-state index in [1.807, 2.05) is 45.9 Å². The minimum atomic E-state index is -0.895. The Morgan fingerprint density at radius 3 is 2.59 bits per heavy atom. The van der Waals surface area contributed by atoms with Gasteiger partial charge in [-0.15, -0.1) is 0 Å². The SMILES string of the molecule is CC[C@@H]1[C@@H]2CN(C(=O)[C@H](C(C)(C)C)NC(=O)O[C@@H]3CCC[C@H]3CCCCCc3nc4ccc(OCc5cnccn5)cc4nc3O2)[C@@H]1C=O. The van der Waals surface area contributed by atoms with Gasteiger partial charge in [0.1, 0.15) is 42.6 Å². The first-order chi connectivity index (χ1) is 23.6. The quantitative estimate of drug-likeness (QED) is 0.340. The fraction of sp³-hybridized carbons (Fsp3) is 0.595. The predicted molar refractivity (Wildman–Crippen MR) is 182 cm³/mol. The van der Waals surface area contributed by atoms with E-state index in [1.54, 1.807) is 23.5 Å². The number of hydrogen-bond donors (Lipinski definition) is 1. The fourth-order valence-electron chi connectivity index (χ4n) is 7.52. The molecule has 2 fully saturated rings. The number of fused-ring (bicyclic) bond motifs is 5.